The van der Waals surface area contributed by atoms with E-state index in [-0.39, 0.29) is 6.61 Å². The van der Waals surface area contributed by atoms with Gasteiger partial charge in [0.2, 0.25) is 0 Å². The maximum absolute atomic E-state index is 8.77. The van der Waals surface area contributed by atoms with Crippen LogP contribution in [0.1, 0.15) is 5.82 Å². The average Bonchev–Trinajstić information content (AvgIpc) is 2.73. The van der Waals surface area contributed by atoms with Crippen LogP contribution in [0.15, 0.2) is 12.1 Å². The van der Waals surface area contributed by atoms with Gasteiger partial charge >= 0.3 is 0 Å². The molecule has 2 heterocycles. The lowest BCUT2D eigenvalue weighted by Gasteiger charge is -1.89. The van der Waals surface area contributed by atoms with Gasteiger partial charge in [0.05, 0.1) is 15.8 Å². The molecule has 0 aromatic carbocycles. The smallest absolute Gasteiger partial charge is 0.135 e. The minimum absolute atomic E-state index is 0.0501. The van der Waals surface area contributed by atoms with Crippen molar-refractivity contribution in [2.75, 3.05) is 6.61 Å². The summed E-state index contributed by atoms with van der Waals surface area (Å²) in [6.45, 7) is 0.0501. The maximum atomic E-state index is 8.77. The topological polar surface area (TPSA) is 48.9 Å². The van der Waals surface area contributed by atoms with Gasteiger partial charge in [-0.25, -0.2) is 4.98 Å². The molecule has 2 N–H and O–H groups in total. The van der Waals surface area contributed by atoms with E-state index in [2.05, 4.69) is 9.97 Å². The predicted octanol–water partition coefficient (Wildman–Crippen LogP) is 2.98. The van der Waals surface area contributed by atoms with Gasteiger partial charge in [0, 0.05) is 6.42 Å². The van der Waals surface area contributed by atoms with E-state index in [1.54, 1.807) is 6.07 Å². The molecular formula is C9H8Cl2N2OS. The maximum Gasteiger partial charge on any atom is 0.135 e. The summed E-state index contributed by atoms with van der Waals surface area (Å²) in [4.78, 5) is 8.12. The summed E-state index contributed by atoms with van der Waals surface area (Å²) >= 11 is 13.2. The molecule has 6 heteroatoms. The molecule has 0 aliphatic carbocycles. The number of hydrogen-bond acceptors (Lipinski definition) is 3. The minimum Gasteiger partial charge on any atom is -0.396 e. The normalized spacial score (nSPS) is 10.9. The van der Waals surface area contributed by atoms with Crippen LogP contribution in [-0.4, -0.2) is 21.7 Å². The van der Waals surface area contributed by atoms with E-state index in [1.807, 2.05) is 6.07 Å². The van der Waals surface area contributed by atoms with Crippen molar-refractivity contribution in [2.24, 2.45) is 0 Å². The van der Waals surface area contributed by atoms with Crippen LogP contribution < -0.4 is 0 Å². The fraction of sp³-hybridized carbons (Fsp3) is 0.222. The molecule has 0 saturated heterocycles. The van der Waals surface area contributed by atoms with Gasteiger partial charge < -0.3 is 10.1 Å². The Morgan fingerprint density at radius 2 is 2.20 bits per heavy atom. The molecule has 2 aromatic rings. The molecule has 2 aromatic heterocycles. The van der Waals surface area contributed by atoms with Crippen LogP contribution in [0, 0.1) is 0 Å². The van der Waals surface area contributed by atoms with E-state index < -0.39 is 0 Å². The van der Waals surface area contributed by atoms with Crippen molar-refractivity contribution in [3.05, 3.63) is 27.4 Å². The summed E-state index contributed by atoms with van der Waals surface area (Å²) in [6.07, 6.45) is 0.471. The molecule has 0 fully saturated rings. The first-order valence-electron chi connectivity index (χ1n) is 4.31. The Kier molecular flexibility index (Phi) is 3.31. The highest BCUT2D eigenvalue weighted by Gasteiger charge is 2.12. The Balaban J connectivity index is 2.35. The second-order valence-corrected chi connectivity index (χ2v) is 5.02. The number of aliphatic hydroxyl groups excluding tert-OH is 1. The number of nitrogens with one attached hydrogen (secondary N) is 1. The van der Waals surface area contributed by atoms with Crippen LogP contribution in [0.2, 0.25) is 9.49 Å². The van der Waals surface area contributed by atoms with Crippen molar-refractivity contribution in [2.45, 2.75) is 6.42 Å². The molecule has 0 atom stereocenters. The number of H-pyrrole nitrogens is 1. The van der Waals surface area contributed by atoms with Crippen molar-refractivity contribution >= 4 is 34.5 Å². The molecule has 0 unspecified atom stereocenters. The van der Waals surface area contributed by atoms with Gasteiger partial charge in [-0.2, -0.15) is 0 Å². The van der Waals surface area contributed by atoms with Crippen molar-refractivity contribution in [1.29, 1.82) is 0 Å². The molecule has 3 nitrogen and oxygen atoms in total. The Bertz CT molecular complexity index is 466. The van der Waals surface area contributed by atoms with Crippen molar-refractivity contribution in [1.82, 2.24) is 9.97 Å². The summed E-state index contributed by atoms with van der Waals surface area (Å²) in [5.74, 6) is 0.682. The first-order chi connectivity index (χ1) is 7.20. The van der Waals surface area contributed by atoms with Crippen LogP contribution in [0.4, 0.5) is 0 Å². The highest BCUT2D eigenvalue weighted by atomic mass is 35.5. The Hall–Kier alpha value is -0.550. The van der Waals surface area contributed by atoms with Crippen LogP contribution in [0.3, 0.4) is 0 Å². The zero-order valence-electron chi connectivity index (χ0n) is 7.63. The third-order valence-corrected chi connectivity index (χ3v) is 3.38. The number of halogens is 2. The summed E-state index contributed by atoms with van der Waals surface area (Å²) < 4.78 is 0.702. The van der Waals surface area contributed by atoms with Crippen LogP contribution >= 0.6 is 34.5 Å². The lowest BCUT2D eigenvalue weighted by atomic mass is 10.4. The summed E-state index contributed by atoms with van der Waals surface area (Å²) in [5.41, 5.74) is 0.692. The lowest BCUT2D eigenvalue weighted by molar-refractivity contribution is 0.297. The standard InChI is InChI=1S/C9H8Cl2N2OS/c10-6-2-1-5(15-6)8-9(11)13-7(12-8)3-4-14/h1-2,14H,3-4H2,(H,12,13). The number of aromatic amines is 1. The number of thiophene rings is 1. The van der Waals surface area contributed by atoms with Gasteiger partial charge in [0.15, 0.2) is 0 Å². The summed E-state index contributed by atoms with van der Waals surface area (Å²) in [7, 11) is 0. The van der Waals surface area contributed by atoms with E-state index >= 15 is 0 Å². The molecule has 0 spiro atoms. The molecule has 2 rings (SSSR count). The van der Waals surface area contributed by atoms with Gasteiger partial charge in [0.25, 0.3) is 0 Å². The van der Waals surface area contributed by atoms with E-state index in [9.17, 15) is 0 Å². The molecule has 0 bridgehead atoms. The molecule has 0 aliphatic rings. The van der Waals surface area contributed by atoms with E-state index in [4.69, 9.17) is 28.3 Å². The Morgan fingerprint density at radius 3 is 2.80 bits per heavy atom. The van der Waals surface area contributed by atoms with Gasteiger partial charge in [-0.1, -0.05) is 23.2 Å². The van der Waals surface area contributed by atoms with Crippen LogP contribution in [0.5, 0.6) is 0 Å². The summed E-state index contributed by atoms with van der Waals surface area (Å²) in [5, 5.41) is 9.26. The second-order valence-electron chi connectivity index (χ2n) is 2.92. The second kappa shape index (κ2) is 4.53. The largest absolute Gasteiger partial charge is 0.396 e. The van der Waals surface area contributed by atoms with Crippen molar-refractivity contribution in [3.8, 4) is 10.6 Å². The zero-order valence-corrected chi connectivity index (χ0v) is 9.96. The Morgan fingerprint density at radius 1 is 1.40 bits per heavy atom. The minimum atomic E-state index is 0.0501. The average molecular weight is 263 g/mol. The lowest BCUT2D eigenvalue weighted by Crippen LogP contribution is -1.92. The fourth-order valence-electron chi connectivity index (χ4n) is 1.23. The van der Waals surface area contributed by atoms with Gasteiger partial charge in [-0.15, -0.1) is 11.3 Å². The zero-order chi connectivity index (χ0) is 10.8. The third-order valence-electron chi connectivity index (χ3n) is 1.86. The summed E-state index contributed by atoms with van der Waals surface area (Å²) in [6, 6.07) is 3.68. The number of rotatable bonds is 3. The van der Waals surface area contributed by atoms with Gasteiger partial charge in [0.1, 0.15) is 16.7 Å². The van der Waals surface area contributed by atoms with Crippen molar-refractivity contribution < 1.29 is 5.11 Å². The monoisotopic (exact) mass is 262 g/mol. The fourth-order valence-corrected chi connectivity index (χ4v) is 2.58. The molecule has 80 valence electrons. The van der Waals surface area contributed by atoms with Crippen molar-refractivity contribution in [3.63, 3.8) is 0 Å². The number of aromatic nitrogens is 2. The number of nitrogens with zero attached hydrogens (tertiary/aromatic N) is 1. The van der Waals surface area contributed by atoms with Crippen LogP contribution in [0.25, 0.3) is 10.6 Å². The quantitative estimate of drug-likeness (QED) is 0.894. The first-order valence-corrected chi connectivity index (χ1v) is 5.89. The molecular weight excluding hydrogens is 255 g/mol. The Labute approximate surface area is 101 Å². The molecule has 0 radical (unpaired) electrons. The third kappa shape index (κ3) is 2.34. The first kappa shape index (κ1) is 11.0. The molecule has 0 aliphatic heterocycles. The molecule has 15 heavy (non-hydrogen) atoms. The van der Waals surface area contributed by atoms with Gasteiger partial charge in [-0.3, -0.25) is 0 Å². The highest BCUT2D eigenvalue weighted by Crippen LogP contribution is 2.33. The van der Waals surface area contributed by atoms with Crippen LogP contribution in [-0.2, 0) is 6.42 Å². The van der Waals surface area contributed by atoms with E-state index in [0.29, 0.717) is 27.4 Å². The number of imidazole rings is 1. The molecule has 0 amide bonds. The van der Waals surface area contributed by atoms with Gasteiger partial charge in [-0.05, 0) is 12.1 Å². The molecule has 0 saturated carbocycles. The number of aliphatic hydroxyl groups is 1. The highest BCUT2D eigenvalue weighted by molar-refractivity contribution is 7.19. The SMILES string of the molecule is OCCc1nc(-c2ccc(Cl)s2)c(Cl)[nH]1. The predicted molar refractivity (Wildman–Crippen MR) is 62.7 cm³/mol. The number of hydrogen-bond donors (Lipinski definition) is 2. The van der Waals surface area contributed by atoms with E-state index in [0.717, 1.165) is 4.88 Å². The van der Waals surface area contributed by atoms with E-state index in [1.165, 1.54) is 11.3 Å².